The van der Waals surface area contributed by atoms with Crippen molar-refractivity contribution in [2.24, 2.45) is 0 Å². The first-order valence-electron chi connectivity index (χ1n) is 6.31. The van der Waals surface area contributed by atoms with Crippen LogP contribution in [0.2, 0.25) is 0 Å². The maximum absolute atomic E-state index is 10.7. The highest BCUT2D eigenvalue weighted by Crippen LogP contribution is 2.36. The van der Waals surface area contributed by atoms with E-state index in [4.69, 9.17) is 15.0 Å². The van der Waals surface area contributed by atoms with Crippen molar-refractivity contribution in [1.82, 2.24) is 4.98 Å². The van der Waals surface area contributed by atoms with Gasteiger partial charge in [0.1, 0.15) is 12.1 Å². The summed E-state index contributed by atoms with van der Waals surface area (Å²) in [5.74, 6) is 0.388. The summed E-state index contributed by atoms with van der Waals surface area (Å²) in [4.78, 5) is 15.0. The minimum Gasteiger partial charge on any atom is -0.398 e. The van der Waals surface area contributed by atoms with Crippen molar-refractivity contribution in [2.75, 3.05) is 5.73 Å². The quantitative estimate of drug-likeness (QED) is 0.641. The van der Waals surface area contributed by atoms with Crippen LogP contribution in [0, 0.1) is 0 Å². The summed E-state index contributed by atoms with van der Waals surface area (Å²) in [5.41, 5.74) is 6.20. The molecule has 1 aromatic rings. The minimum absolute atomic E-state index is 0.271. The number of aromatic nitrogens is 1. The molecule has 1 aliphatic heterocycles. The Balaban J connectivity index is 2.38. The normalized spacial score (nSPS) is 20.5. The molecule has 1 saturated heterocycles. The van der Waals surface area contributed by atoms with Gasteiger partial charge in [0.15, 0.2) is 0 Å². The second kappa shape index (κ2) is 4.61. The van der Waals surface area contributed by atoms with Crippen LogP contribution in [-0.4, -0.2) is 29.6 Å². The smallest absolute Gasteiger partial charge is 0.398 e. The van der Waals surface area contributed by atoms with E-state index in [0.717, 1.165) is 11.8 Å². The molecule has 5 nitrogen and oxygen atoms in total. The largest absolute Gasteiger partial charge is 0.514 e. The lowest BCUT2D eigenvalue weighted by Crippen LogP contribution is -2.41. The van der Waals surface area contributed by atoms with Gasteiger partial charge < -0.3 is 19.8 Å². The molecular formula is C13H19BN2O3. The predicted molar refractivity (Wildman–Crippen MR) is 74.1 cm³/mol. The van der Waals surface area contributed by atoms with Gasteiger partial charge in [-0.3, -0.25) is 0 Å². The first-order valence-corrected chi connectivity index (χ1v) is 6.31. The number of aldehydes is 1. The molecule has 0 aliphatic carbocycles. The Hall–Kier alpha value is -1.40. The molecule has 0 radical (unpaired) electrons. The first kappa shape index (κ1) is 14.0. The molecule has 0 amide bonds. The van der Waals surface area contributed by atoms with Gasteiger partial charge in [-0.25, -0.2) is 4.98 Å². The Morgan fingerprint density at radius 3 is 2.37 bits per heavy atom. The van der Waals surface area contributed by atoms with Crippen molar-refractivity contribution in [2.45, 2.75) is 45.3 Å². The second-order valence-corrected chi connectivity index (χ2v) is 5.74. The van der Waals surface area contributed by atoms with E-state index in [0.29, 0.717) is 11.4 Å². The zero-order chi connectivity index (χ0) is 14.3. The fraction of sp³-hybridized carbons (Fsp3) is 0.538. The lowest BCUT2D eigenvalue weighted by Gasteiger charge is -2.32. The van der Waals surface area contributed by atoms with Crippen LogP contribution in [0.25, 0.3) is 0 Å². The lowest BCUT2D eigenvalue weighted by molar-refractivity contribution is -0.107. The number of hydrogen-bond acceptors (Lipinski definition) is 5. The van der Waals surface area contributed by atoms with Gasteiger partial charge in [-0.1, -0.05) is 6.07 Å². The molecule has 102 valence electrons. The molecule has 19 heavy (non-hydrogen) atoms. The monoisotopic (exact) mass is 262 g/mol. The van der Waals surface area contributed by atoms with Gasteiger partial charge in [0.05, 0.1) is 16.8 Å². The van der Waals surface area contributed by atoms with Crippen LogP contribution < -0.4 is 11.3 Å². The number of carbonyl (C=O) groups is 1. The summed E-state index contributed by atoms with van der Waals surface area (Å²) >= 11 is 0. The number of nitrogens with two attached hydrogens (primary N) is 1. The van der Waals surface area contributed by atoms with Crippen LogP contribution in [0.1, 0.15) is 33.3 Å². The van der Waals surface area contributed by atoms with Gasteiger partial charge in [-0.05, 0) is 39.3 Å². The standard InChI is InChI=1S/C13H19BN2O3/c1-12(2)13(3,4)19-14(18-12)11-9(7-8-17)5-6-10(15)16-11/h5-6,8H,7H2,1-4H3,(H2,15,16). The zero-order valence-corrected chi connectivity index (χ0v) is 11.8. The van der Waals surface area contributed by atoms with Crippen LogP contribution in [-0.2, 0) is 20.5 Å². The molecule has 0 atom stereocenters. The van der Waals surface area contributed by atoms with Gasteiger partial charge in [0.25, 0.3) is 0 Å². The number of nitrogen functional groups attached to an aromatic ring is 1. The van der Waals surface area contributed by atoms with Crippen molar-refractivity contribution in [3.8, 4) is 0 Å². The molecule has 1 aliphatic rings. The molecule has 0 unspecified atom stereocenters. The van der Waals surface area contributed by atoms with Crippen molar-refractivity contribution < 1.29 is 14.1 Å². The molecule has 0 bridgehead atoms. The van der Waals surface area contributed by atoms with Gasteiger partial charge in [-0.15, -0.1) is 0 Å². The van der Waals surface area contributed by atoms with E-state index in [1.165, 1.54) is 0 Å². The molecule has 0 aromatic carbocycles. The molecule has 1 aromatic heterocycles. The fourth-order valence-corrected chi connectivity index (χ4v) is 1.94. The Kier molecular flexibility index (Phi) is 3.41. The third-order valence-corrected chi connectivity index (χ3v) is 3.81. The third kappa shape index (κ3) is 2.50. The highest BCUT2D eigenvalue weighted by Gasteiger charge is 2.52. The summed E-state index contributed by atoms with van der Waals surface area (Å²) in [6.45, 7) is 7.88. The molecule has 6 heteroatoms. The Morgan fingerprint density at radius 2 is 1.84 bits per heavy atom. The molecular weight excluding hydrogens is 243 g/mol. The maximum atomic E-state index is 10.7. The number of pyridine rings is 1. The van der Waals surface area contributed by atoms with Crippen LogP contribution in [0.3, 0.4) is 0 Å². The van der Waals surface area contributed by atoms with Gasteiger partial charge in [0.2, 0.25) is 0 Å². The minimum atomic E-state index is -0.594. The van der Waals surface area contributed by atoms with Crippen LogP contribution in [0.4, 0.5) is 5.82 Å². The zero-order valence-electron chi connectivity index (χ0n) is 11.8. The SMILES string of the molecule is CC1(C)OB(c2nc(N)ccc2CC=O)OC1(C)C. The predicted octanol–water partition coefficient (Wildman–Crippen LogP) is 0.704. The first-order chi connectivity index (χ1) is 8.77. The summed E-state index contributed by atoms with van der Waals surface area (Å²) in [6, 6.07) is 3.46. The van der Waals surface area contributed by atoms with E-state index in [2.05, 4.69) is 4.98 Å². The topological polar surface area (TPSA) is 74.4 Å². The summed E-state index contributed by atoms with van der Waals surface area (Å²) < 4.78 is 11.9. The van der Waals surface area contributed by atoms with Crippen molar-refractivity contribution >= 4 is 24.8 Å². The summed E-state index contributed by atoms with van der Waals surface area (Å²) in [7, 11) is -0.594. The number of anilines is 1. The summed E-state index contributed by atoms with van der Waals surface area (Å²) in [5, 5.41) is 0. The van der Waals surface area contributed by atoms with Gasteiger partial charge in [0, 0.05) is 6.42 Å². The van der Waals surface area contributed by atoms with E-state index in [9.17, 15) is 4.79 Å². The average molecular weight is 262 g/mol. The molecule has 0 spiro atoms. The molecule has 2 heterocycles. The maximum Gasteiger partial charge on any atom is 0.514 e. The third-order valence-electron chi connectivity index (χ3n) is 3.81. The van der Waals surface area contributed by atoms with E-state index in [1.54, 1.807) is 12.1 Å². The summed E-state index contributed by atoms with van der Waals surface area (Å²) in [6.07, 6.45) is 1.11. The molecule has 2 rings (SSSR count). The van der Waals surface area contributed by atoms with E-state index in [1.807, 2.05) is 27.7 Å². The highest BCUT2D eigenvalue weighted by molar-refractivity contribution is 6.61. The second-order valence-electron chi connectivity index (χ2n) is 5.74. The van der Waals surface area contributed by atoms with Crippen LogP contribution in [0.15, 0.2) is 12.1 Å². The number of hydrogen-bond donors (Lipinski definition) is 1. The van der Waals surface area contributed by atoms with E-state index >= 15 is 0 Å². The van der Waals surface area contributed by atoms with E-state index < -0.39 is 18.3 Å². The van der Waals surface area contributed by atoms with Crippen molar-refractivity contribution in [3.05, 3.63) is 17.7 Å². The Morgan fingerprint density at radius 1 is 1.26 bits per heavy atom. The van der Waals surface area contributed by atoms with Crippen LogP contribution in [0.5, 0.6) is 0 Å². The Bertz CT molecular complexity index is 487. The van der Waals surface area contributed by atoms with E-state index in [-0.39, 0.29) is 6.42 Å². The van der Waals surface area contributed by atoms with Gasteiger partial charge in [-0.2, -0.15) is 0 Å². The molecule has 2 N–H and O–H groups in total. The number of nitrogens with zero attached hydrogens (tertiary/aromatic N) is 1. The Labute approximate surface area is 113 Å². The van der Waals surface area contributed by atoms with Gasteiger partial charge >= 0.3 is 7.12 Å². The number of rotatable bonds is 3. The molecule has 1 fully saturated rings. The highest BCUT2D eigenvalue weighted by atomic mass is 16.7. The number of carbonyl (C=O) groups excluding carboxylic acids is 1. The van der Waals surface area contributed by atoms with Crippen LogP contribution >= 0.6 is 0 Å². The fourth-order valence-electron chi connectivity index (χ4n) is 1.94. The molecule has 0 saturated carbocycles. The average Bonchev–Trinajstić information content (AvgIpc) is 2.51. The van der Waals surface area contributed by atoms with Crippen molar-refractivity contribution in [1.29, 1.82) is 0 Å². The lowest BCUT2D eigenvalue weighted by atomic mass is 9.80. The van der Waals surface area contributed by atoms with Crippen molar-refractivity contribution in [3.63, 3.8) is 0 Å².